The summed E-state index contributed by atoms with van der Waals surface area (Å²) in [5, 5.41) is 7.42. The van der Waals surface area contributed by atoms with Gasteiger partial charge in [-0.05, 0) is 43.7 Å². The van der Waals surface area contributed by atoms with Crippen LogP contribution in [-0.2, 0) is 11.3 Å². The van der Waals surface area contributed by atoms with Crippen LogP contribution in [0.15, 0.2) is 33.8 Å². The molecular formula is C29H36ClN8O3+. The molecule has 1 saturated heterocycles. The summed E-state index contributed by atoms with van der Waals surface area (Å²) in [5.41, 5.74) is 3.35. The lowest BCUT2D eigenvalue weighted by molar-refractivity contribution is -0.124. The SMILES string of the molecule is CCNC(=O)[C@H]1CCC[N+]1(C)c1nc2cc(-c3noc(=O)[nH]3)nc(-c3cncc(Cl)c3)c2n1CC1CCC(C)CC1. The van der Waals surface area contributed by atoms with Gasteiger partial charge in [-0.1, -0.05) is 36.5 Å². The highest BCUT2D eigenvalue weighted by atomic mass is 35.5. The molecule has 1 aliphatic carbocycles. The number of halogens is 1. The molecule has 2 fully saturated rings. The van der Waals surface area contributed by atoms with Crippen LogP contribution in [0, 0.1) is 11.8 Å². The van der Waals surface area contributed by atoms with E-state index >= 15 is 0 Å². The van der Waals surface area contributed by atoms with Gasteiger partial charge in [0.15, 0.2) is 6.04 Å². The summed E-state index contributed by atoms with van der Waals surface area (Å²) in [7, 11) is 2.12. The smallest absolute Gasteiger partial charge is 0.351 e. The van der Waals surface area contributed by atoms with Crippen molar-refractivity contribution in [2.45, 2.75) is 65.0 Å². The van der Waals surface area contributed by atoms with Crippen LogP contribution in [0.25, 0.3) is 33.8 Å². The summed E-state index contributed by atoms with van der Waals surface area (Å²) < 4.78 is 7.49. The molecule has 0 spiro atoms. The Labute approximate surface area is 242 Å². The van der Waals surface area contributed by atoms with Crippen molar-refractivity contribution in [2.24, 2.45) is 11.8 Å². The number of amides is 1. The molecule has 1 amide bonds. The molecule has 1 saturated carbocycles. The maximum atomic E-state index is 13.3. The fourth-order valence-corrected chi connectivity index (χ4v) is 6.83. The molecule has 4 aromatic heterocycles. The second-order valence-corrected chi connectivity index (χ2v) is 12.2. The first-order valence-electron chi connectivity index (χ1n) is 14.5. The second-order valence-electron chi connectivity index (χ2n) is 11.8. The molecule has 1 aliphatic heterocycles. The van der Waals surface area contributed by atoms with Crippen molar-refractivity contribution in [2.75, 3.05) is 20.1 Å². The topological polar surface area (TPSA) is 132 Å². The van der Waals surface area contributed by atoms with Gasteiger partial charge in [-0.15, -0.1) is 0 Å². The van der Waals surface area contributed by atoms with E-state index in [1.807, 2.05) is 19.1 Å². The van der Waals surface area contributed by atoms with Gasteiger partial charge in [-0.25, -0.2) is 9.78 Å². The van der Waals surface area contributed by atoms with Gasteiger partial charge in [0.2, 0.25) is 5.82 Å². The number of quaternary nitrogens is 1. The third-order valence-corrected chi connectivity index (χ3v) is 9.05. The number of pyridine rings is 2. The van der Waals surface area contributed by atoms with E-state index in [1.54, 1.807) is 12.4 Å². The van der Waals surface area contributed by atoms with Crippen LogP contribution in [0.1, 0.15) is 52.4 Å². The van der Waals surface area contributed by atoms with Crippen molar-refractivity contribution >= 4 is 34.5 Å². The molecule has 4 aromatic rings. The van der Waals surface area contributed by atoms with E-state index in [0.29, 0.717) is 38.9 Å². The van der Waals surface area contributed by atoms with Crippen LogP contribution in [0.5, 0.6) is 0 Å². The van der Waals surface area contributed by atoms with Crippen molar-refractivity contribution < 1.29 is 9.32 Å². The summed E-state index contributed by atoms with van der Waals surface area (Å²) in [6.45, 7) is 6.44. The Morgan fingerprint density at radius 2 is 2.00 bits per heavy atom. The van der Waals surface area contributed by atoms with E-state index in [1.165, 1.54) is 12.8 Å². The number of hydrogen-bond acceptors (Lipinski definition) is 7. The predicted octanol–water partition coefficient (Wildman–Crippen LogP) is 4.55. The van der Waals surface area contributed by atoms with E-state index in [9.17, 15) is 9.59 Å². The van der Waals surface area contributed by atoms with Crippen LogP contribution >= 0.6 is 11.6 Å². The van der Waals surface area contributed by atoms with Gasteiger partial charge in [-0.3, -0.25) is 28.3 Å². The first-order valence-corrected chi connectivity index (χ1v) is 14.9. The van der Waals surface area contributed by atoms with Gasteiger partial charge >= 0.3 is 11.7 Å². The number of likely N-dealkylation sites (tertiary alicyclic amines) is 1. The quantitative estimate of drug-likeness (QED) is 0.307. The molecule has 0 bridgehead atoms. The Hall–Kier alpha value is -3.57. The molecule has 2 aliphatic rings. The number of H-pyrrole nitrogens is 1. The number of fused-ring (bicyclic) bond motifs is 1. The highest BCUT2D eigenvalue weighted by Crippen LogP contribution is 2.40. The van der Waals surface area contributed by atoms with Gasteiger partial charge in [0.1, 0.15) is 5.69 Å². The van der Waals surface area contributed by atoms with Crippen molar-refractivity contribution in [1.82, 2.24) is 39.5 Å². The minimum absolute atomic E-state index is 0.0517. The number of carbonyl (C=O) groups excluding carboxylic acids is 1. The predicted molar refractivity (Wildman–Crippen MR) is 157 cm³/mol. The number of aromatic amines is 1. The van der Waals surface area contributed by atoms with Gasteiger partial charge in [0.05, 0.1) is 35.3 Å². The molecule has 12 heteroatoms. The van der Waals surface area contributed by atoms with Gasteiger partial charge in [-0.2, -0.15) is 4.98 Å². The van der Waals surface area contributed by atoms with E-state index < -0.39 is 5.76 Å². The van der Waals surface area contributed by atoms with E-state index in [2.05, 4.69) is 39.0 Å². The third-order valence-electron chi connectivity index (χ3n) is 8.84. The molecule has 0 radical (unpaired) electrons. The average Bonchev–Trinajstić information content (AvgIpc) is 3.67. The maximum Gasteiger partial charge on any atom is 0.439 e. The standard InChI is InChI=1S/C29H35ClN8O3/c1-4-32-27(39)23-6-5-11-38(23,3)28-34-21-13-22(26-35-29(40)41-36-26)33-24(19-12-20(30)15-31-14-19)25(21)37(28)16-18-9-7-17(2)8-10-18/h12-15,17-18,23H,4-11,16H2,1-3H3,(H-,32,35,36,39,40)/p+1/t17?,18?,23-,38?/m1/s1. The van der Waals surface area contributed by atoms with Crippen molar-refractivity contribution in [3.8, 4) is 22.8 Å². The molecule has 216 valence electrons. The summed E-state index contributed by atoms with van der Waals surface area (Å²) in [6.07, 6.45) is 9.72. The Kier molecular flexibility index (Phi) is 7.41. The Bertz CT molecular complexity index is 1640. The number of imidazole rings is 1. The van der Waals surface area contributed by atoms with Crippen LogP contribution in [-0.4, -0.2) is 61.7 Å². The lowest BCUT2D eigenvalue weighted by Crippen LogP contribution is -2.57. The summed E-state index contributed by atoms with van der Waals surface area (Å²) in [4.78, 5) is 42.3. The van der Waals surface area contributed by atoms with Gasteiger partial charge in [0.25, 0.3) is 5.91 Å². The van der Waals surface area contributed by atoms with Crippen LogP contribution in [0.2, 0.25) is 5.02 Å². The first-order chi connectivity index (χ1) is 19.8. The maximum absolute atomic E-state index is 13.3. The van der Waals surface area contributed by atoms with Gasteiger partial charge < -0.3 is 5.32 Å². The molecule has 1 unspecified atom stereocenters. The second kappa shape index (κ2) is 11.0. The molecule has 41 heavy (non-hydrogen) atoms. The average molecular weight is 580 g/mol. The number of nitrogens with zero attached hydrogens (tertiary/aromatic N) is 6. The zero-order valence-electron chi connectivity index (χ0n) is 23.7. The van der Waals surface area contributed by atoms with E-state index in [4.69, 9.17) is 26.1 Å². The number of likely N-dealkylation sites (N-methyl/N-ethyl adjacent to an activating group) is 2. The molecular weight excluding hydrogens is 544 g/mol. The summed E-state index contributed by atoms with van der Waals surface area (Å²) in [5.74, 6) is 1.67. The molecule has 5 heterocycles. The van der Waals surface area contributed by atoms with Crippen LogP contribution in [0.3, 0.4) is 0 Å². The Morgan fingerprint density at radius 3 is 2.71 bits per heavy atom. The van der Waals surface area contributed by atoms with Crippen molar-refractivity contribution in [1.29, 1.82) is 0 Å². The van der Waals surface area contributed by atoms with Crippen molar-refractivity contribution in [3.05, 3.63) is 40.1 Å². The van der Waals surface area contributed by atoms with Crippen molar-refractivity contribution in [3.63, 3.8) is 0 Å². The summed E-state index contributed by atoms with van der Waals surface area (Å²) >= 11 is 6.39. The lowest BCUT2D eigenvalue weighted by atomic mass is 9.83. The minimum atomic E-state index is -0.662. The van der Waals surface area contributed by atoms with E-state index in [0.717, 1.165) is 61.7 Å². The normalized spacial score (nSPS) is 24.6. The minimum Gasteiger partial charge on any atom is -0.351 e. The molecule has 11 nitrogen and oxygen atoms in total. The number of nitrogens with one attached hydrogen (secondary N) is 2. The lowest BCUT2D eigenvalue weighted by Gasteiger charge is -2.34. The first kappa shape index (κ1) is 27.6. The largest absolute Gasteiger partial charge is 0.439 e. The fourth-order valence-electron chi connectivity index (χ4n) is 6.66. The zero-order chi connectivity index (χ0) is 28.7. The zero-order valence-corrected chi connectivity index (χ0v) is 24.4. The van der Waals surface area contributed by atoms with E-state index in [-0.39, 0.29) is 17.8 Å². The highest BCUT2D eigenvalue weighted by Gasteiger charge is 2.48. The van der Waals surface area contributed by atoms with Gasteiger partial charge in [0, 0.05) is 43.9 Å². The molecule has 6 rings (SSSR count). The monoisotopic (exact) mass is 579 g/mol. The Morgan fingerprint density at radius 1 is 1.20 bits per heavy atom. The van der Waals surface area contributed by atoms with Crippen LogP contribution < -0.4 is 15.6 Å². The molecule has 2 N–H and O–H groups in total. The molecule has 2 atom stereocenters. The number of rotatable bonds is 7. The number of aromatic nitrogens is 6. The fraction of sp³-hybridized carbons (Fsp3) is 0.517. The van der Waals surface area contributed by atoms with Crippen LogP contribution in [0.4, 0.5) is 5.95 Å². The Balaban J connectivity index is 1.60. The molecule has 0 aromatic carbocycles. The number of carbonyl (C=O) groups is 1. The third kappa shape index (κ3) is 5.17. The highest BCUT2D eigenvalue weighted by molar-refractivity contribution is 6.30. The summed E-state index contributed by atoms with van der Waals surface area (Å²) in [6, 6.07) is 3.42. The number of hydrogen-bond donors (Lipinski definition) is 2.